The van der Waals surface area contributed by atoms with Crippen LogP contribution in [0.1, 0.15) is 27.0 Å². The van der Waals surface area contributed by atoms with Crippen LogP contribution in [0.5, 0.6) is 5.75 Å². The van der Waals surface area contributed by atoms with Crippen LogP contribution in [0, 0.1) is 6.92 Å². The first-order valence-corrected chi connectivity index (χ1v) is 10.1. The van der Waals surface area contributed by atoms with Gasteiger partial charge in [-0.15, -0.1) is 0 Å². The van der Waals surface area contributed by atoms with Gasteiger partial charge < -0.3 is 9.47 Å². The molecule has 0 spiro atoms. The molecule has 0 amide bonds. The van der Waals surface area contributed by atoms with Crippen molar-refractivity contribution in [3.8, 4) is 28.0 Å². The normalized spacial score (nSPS) is 12.7. The molecule has 4 aromatic carbocycles. The minimum atomic E-state index is 0.522. The molecular formula is C27H22O3. The maximum Gasteiger partial charge on any atom is 0.151 e. The van der Waals surface area contributed by atoms with Gasteiger partial charge in [-0.25, -0.2) is 0 Å². The summed E-state index contributed by atoms with van der Waals surface area (Å²) in [5.41, 5.74) is 7.95. The van der Waals surface area contributed by atoms with Crippen molar-refractivity contribution in [2.45, 2.75) is 20.1 Å². The highest BCUT2D eigenvalue weighted by atomic mass is 16.5. The Labute approximate surface area is 175 Å². The Balaban J connectivity index is 1.96. The van der Waals surface area contributed by atoms with Crippen LogP contribution in [-0.2, 0) is 18.0 Å². The topological polar surface area (TPSA) is 35.5 Å². The highest BCUT2D eigenvalue weighted by Crippen LogP contribution is 2.47. The fourth-order valence-corrected chi connectivity index (χ4v) is 4.68. The Kier molecular flexibility index (Phi) is 4.61. The number of hydrogen-bond donors (Lipinski definition) is 0. The molecule has 5 rings (SSSR count). The van der Waals surface area contributed by atoms with Gasteiger partial charge in [-0.2, -0.15) is 0 Å². The molecule has 4 aromatic rings. The van der Waals surface area contributed by atoms with Gasteiger partial charge in [0.15, 0.2) is 6.29 Å². The number of aldehydes is 1. The average molecular weight is 394 g/mol. The van der Waals surface area contributed by atoms with Gasteiger partial charge in [-0.1, -0.05) is 60.7 Å². The molecular weight excluding hydrogens is 372 g/mol. The molecule has 0 fully saturated rings. The van der Waals surface area contributed by atoms with Crippen LogP contribution < -0.4 is 4.74 Å². The lowest BCUT2D eigenvalue weighted by molar-refractivity contribution is 0.112. The van der Waals surface area contributed by atoms with E-state index in [0.29, 0.717) is 18.8 Å². The Morgan fingerprint density at radius 1 is 0.833 bits per heavy atom. The summed E-state index contributed by atoms with van der Waals surface area (Å²) in [5, 5.41) is 2.18. The first-order valence-electron chi connectivity index (χ1n) is 10.1. The lowest BCUT2D eigenvalue weighted by atomic mass is 9.81. The molecule has 0 radical (unpaired) electrons. The van der Waals surface area contributed by atoms with E-state index in [-0.39, 0.29) is 0 Å². The van der Waals surface area contributed by atoms with Crippen molar-refractivity contribution >= 4 is 17.1 Å². The molecule has 0 atom stereocenters. The van der Waals surface area contributed by atoms with E-state index in [1.54, 1.807) is 7.11 Å². The first kappa shape index (κ1) is 18.6. The number of carbonyl (C=O) groups excluding carboxylic acids is 1. The van der Waals surface area contributed by atoms with Crippen molar-refractivity contribution in [1.29, 1.82) is 0 Å². The van der Waals surface area contributed by atoms with Crippen LogP contribution >= 0.6 is 0 Å². The Bertz CT molecular complexity index is 1270. The molecule has 1 aliphatic heterocycles. The van der Waals surface area contributed by atoms with E-state index >= 15 is 0 Å². The summed E-state index contributed by atoms with van der Waals surface area (Å²) in [6, 6.07) is 22.4. The van der Waals surface area contributed by atoms with Crippen LogP contribution in [0.2, 0.25) is 0 Å². The van der Waals surface area contributed by atoms with Crippen molar-refractivity contribution in [1.82, 2.24) is 0 Å². The zero-order chi connectivity index (χ0) is 20.7. The van der Waals surface area contributed by atoms with E-state index in [9.17, 15) is 4.79 Å². The number of benzene rings is 4. The summed E-state index contributed by atoms with van der Waals surface area (Å²) in [7, 11) is 1.68. The standard InChI is InChI=1S/C27H22O3/c1-17-22-15-30-16-23(22)26(19-9-4-3-5-10-19)21(14-28)25(17)27-20-11-7-6-8-18(20)12-13-24(27)29-2/h3-14H,15-16H2,1-2H3. The van der Waals surface area contributed by atoms with Gasteiger partial charge >= 0.3 is 0 Å². The summed E-state index contributed by atoms with van der Waals surface area (Å²) in [6.45, 7) is 3.17. The van der Waals surface area contributed by atoms with Crippen molar-refractivity contribution in [3.63, 3.8) is 0 Å². The smallest absolute Gasteiger partial charge is 0.151 e. The van der Waals surface area contributed by atoms with Gasteiger partial charge in [0, 0.05) is 16.7 Å². The van der Waals surface area contributed by atoms with E-state index in [1.165, 1.54) is 5.56 Å². The third-order valence-corrected chi connectivity index (χ3v) is 6.07. The summed E-state index contributed by atoms with van der Waals surface area (Å²) < 4.78 is 11.6. The second kappa shape index (κ2) is 7.43. The first-order chi connectivity index (χ1) is 14.7. The summed E-state index contributed by atoms with van der Waals surface area (Å²) >= 11 is 0. The molecule has 0 saturated heterocycles. The van der Waals surface area contributed by atoms with Crippen LogP contribution in [0.25, 0.3) is 33.0 Å². The number of fused-ring (bicyclic) bond motifs is 2. The Morgan fingerprint density at radius 3 is 2.33 bits per heavy atom. The molecule has 0 saturated carbocycles. The molecule has 1 heterocycles. The van der Waals surface area contributed by atoms with Crippen molar-refractivity contribution in [2.24, 2.45) is 0 Å². The molecule has 30 heavy (non-hydrogen) atoms. The maximum atomic E-state index is 12.6. The second-order valence-electron chi connectivity index (χ2n) is 7.59. The van der Waals surface area contributed by atoms with Crippen LogP contribution in [0.3, 0.4) is 0 Å². The van der Waals surface area contributed by atoms with Crippen LogP contribution in [-0.4, -0.2) is 13.4 Å². The monoisotopic (exact) mass is 394 g/mol. The van der Waals surface area contributed by atoms with Gasteiger partial charge in [0.2, 0.25) is 0 Å². The van der Waals surface area contributed by atoms with Gasteiger partial charge in [-0.05, 0) is 51.6 Å². The van der Waals surface area contributed by atoms with Crippen molar-refractivity contribution < 1.29 is 14.3 Å². The molecule has 3 nitrogen and oxygen atoms in total. The fraction of sp³-hybridized carbons (Fsp3) is 0.148. The molecule has 148 valence electrons. The summed E-state index contributed by atoms with van der Waals surface area (Å²) in [5.74, 6) is 0.762. The Hall–Kier alpha value is -3.43. The second-order valence-corrected chi connectivity index (χ2v) is 7.59. The van der Waals surface area contributed by atoms with Gasteiger partial charge in [-0.3, -0.25) is 4.79 Å². The maximum absolute atomic E-state index is 12.6. The fourth-order valence-electron chi connectivity index (χ4n) is 4.68. The van der Waals surface area contributed by atoms with Crippen LogP contribution in [0.15, 0.2) is 66.7 Å². The van der Waals surface area contributed by atoms with Gasteiger partial charge in [0.1, 0.15) is 5.75 Å². The molecule has 3 heteroatoms. The molecule has 1 aliphatic rings. The lowest BCUT2D eigenvalue weighted by Crippen LogP contribution is -2.04. The average Bonchev–Trinajstić information content (AvgIpc) is 3.29. The zero-order valence-electron chi connectivity index (χ0n) is 17.1. The number of rotatable bonds is 4. The van der Waals surface area contributed by atoms with Crippen molar-refractivity contribution in [3.05, 3.63) is 89.0 Å². The lowest BCUT2D eigenvalue weighted by Gasteiger charge is -2.22. The SMILES string of the molecule is COc1ccc2ccccc2c1-c1c(C)c2c(c(-c3ccccc3)c1C=O)COC2. The molecule has 0 aromatic heterocycles. The van der Waals surface area contributed by atoms with Gasteiger partial charge in [0.05, 0.1) is 20.3 Å². The quantitative estimate of drug-likeness (QED) is 0.379. The third kappa shape index (κ3) is 2.74. The molecule has 0 unspecified atom stereocenters. The third-order valence-electron chi connectivity index (χ3n) is 6.07. The van der Waals surface area contributed by atoms with E-state index in [4.69, 9.17) is 9.47 Å². The van der Waals surface area contributed by atoms with Crippen LogP contribution in [0.4, 0.5) is 0 Å². The number of methoxy groups -OCH3 is 1. The predicted octanol–water partition coefficient (Wildman–Crippen LogP) is 6.33. The number of carbonyl (C=O) groups is 1. The van der Waals surface area contributed by atoms with Gasteiger partial charge in [0.25, 0.3) is 0 Å². The molecule has 0 N–H and O–H groups in total. The number of hydrogen-bond acceptors (Lipinski definition) is 3. The van der Waals surface area contributed by atoms with E-state index in [2.05, 4.69) is 37.3 Å². The minimum Gasteiger partial charge on any atom is -0.496 e. The Morgan fingerprint density at radius 2 is 1.57 bits per heavy atom. The molecule has 0 bridgehead atoms. The highest BCUT2D eigenvalue weighted by molar-refractivity contribution is 6.08. The minimum absolute atomic E-state index is 0.522. The molecule has 0 aliphatic carbocycles. The van der Waals surface area contributed by atoms with E-state index in [1.807, 2.05) is 36.4 Å². The summed E-state index contributed by atoms with van der Waals surface area (Å²) in [6.07, 6.45) is 0.991. The van der Waals surface area contributed by atoms with E-state index < -0.39 is 0 Å². The predicted molar refractivity (Wildman–Crippen MR) is 120 cm³/mol. The van der Waals surface area contributed by atoms with E-state index in [0.717, 1.165) is 56.2 Å². The zero-order valence-corrected chi connectivity index (χ0v) is 17.1. The summed E-state index contributed by atoms with van der Waals surface area (Å²) in [4.78, 5) is 12.6. The highest BCUT2D eigenvalue weighted by Gasteiger charge is 2.28. The number of ether oxygens (including phenoxy) is 2. The van der Waals surface area contributed by atoms with Crippen molar-refractivity contribution in [2.75, 3.05) is 7.11 Å². The largest absolute Gasteiger partial charge is 0.496 e.